The number of morpholine rings is 1. The maximum absolute atomic E-state index is 5.58. The van der Waals surface area contributed by atoms with Gasteiger partial charge in [0.25, 0.3) is 0 Å². The Morgan fingerprint density at radius 1 is 1.31 bits per heavy atom. The molecule has 1 N–H and O–H groups in total. The van der Waals surface area contributed by atoms with Gasteiger partial charge in [-0.05, 0) is 24.6 Å². The van der Waals surface area contributed by atoms with Gasteiger partial charge < -0.3 is 19.7 Å². The largest absolute Gasteiger partial charge is 0.481 e. The lowest BCUT2D eigenvalue weighted by Gasteiger charge is -2.32. The van der Waals surface area contributed by atoms with Crippen LogP contribution in [0.1, 0.15) is 18.1 Å². The van der Waals surface area contributed by atoms with E-state index >= 15 is 0 Å². The third-order valence-electron chi connectivity index (χ3n) is 4.30. The number of para-hydroxylation sites is 1. The predicted octanol–water partition coefficient (Wildman–Crippen LogP) is 2.61. The quantitative estimate of drug-likeness (QED) is 0.777. The van der Waals surface area contributed by atoms with Gasteiger partial charge in [-0.3, -0.25) is 0 Å². The molecule has 0 spiro atoms. The summed E-state index contributed by atoms with van der Waals surface area (Å²) in [6, 6.07) is 12.1. The van der Waals surface area contributed by atoms with Crippen molar-refractivity contribution >= 4 is 5.82 Å². The summed E-state index contributed by atoms with van der Waals surface area (Å²) in [5.41, 5.74) is 2.24. The highest BCUT2D eigenvalue weighted by Crippen LogP contribution is 2.18. The van der Waals surface area contributed by atoms with Gasteiger partial charge >= 0.3 is 0 Å². The van der Waals surface area contributed by atoms with Crippen molar-refractivity contribution in [3.05, 3.63) is 53.7 Å². The molecule has 1 saturated heterocycles. The van der Waals surface area contributed by atoms with Crippen molar-refractivity contribution in [1.82, 2.24) is 10.3 Å². The zero-order chi connectivity index (χ0) is 18.2. The molecule has 0 bridgehead atoms. The first-order chi connectivity index (χ1) is 12.8. The van der Waals surface area contributed by atoms with E-state index in [9.17, 15) is 0 Å². The Bertz CT molecular complexity index is 740. The summed E-state index contributed by atoms with van der Waals surface area (Å²) in [5, 5.41) is 3.44. The van der Waals surface area contributed by atoms with E-state index in [4.69, 9.17) is 15.9 Å². The predicted molar refractivity (Wildman–Crippen MR) is 103 cm³/mol. The molecule has 5 nitrogen and oxygen atoms in total. The highest BCUT2D eigenvalue weighted by atomic mass is 16.5. The third kappa shape index (κ3) is 4.98. The number of ether oxygens (including phenoxy) is 2. The van der Waals surface area contributed by atoms with Gasteiger partial charge in [-0.2, -0.15) is 0 Å². The van der Waals surface area contributed by atoms with Gasteiger partial charge in [0, 0.05) is 37.9 Å². The number of pyridine rings is 1. The number of rotatable bonds is 7. The standard InChI is InChI=1S/C21H25N3O2/c1-3-11-26-20-7-5-4-6-19(20)15-22-13-18-8-9-21(23-14-18)24-10-12-25-17(2)16-24/h1,4-9,14,17,22H,10-13,15-16H2,2H3. The maximum Gasteiger partial charge on any atom is 0.148 e. The van der Waals surface area contributed by atoms with E-state index in [0.29, 0.717) is 6.54 Å². The summed E-state index contributed by atoms with van der Waals surface area (Å²) in [4.78, 5) is 6.87. The van der Waals surface area contributed by atoms with Gasteiger partial charge in [-0.15, -0.1) is 6.42 Å². The van der Waals surface area contributed by atoms with Crippen molar-refractivity contribution in [2.45, 2.75) is 26.1 Å². The van der Waals surface area contributed by atoms with Crippen LogP contribution in [-0.2, 0) is 17.8 Å². The van der Waals surface area contributed by atoms with Crippen molar-refractivity contribution in [3.8, 4) is 18.1 Å². The van der Waals surface area contributed by atoms with Crippen molar-refractivity contribution in [2.75, 3.05) is 31.2 Å². The Morgan fingerprint density at radius 3 is 2.96 bits per heavy atom. The zero-order valence-corrected chi connectivity index (χ0v) is 15.1. The first kappa shape index (κ1) is 18.2. The van der Waals surface area contributed by atoms with Crippen LogP contribution in [0.3, 0.4) is 0 Å². The molecule has 3 rings (SSSR count). The molecule has 0 amide bonds. The number of terminal acetylenes is 1. The van der Waals surface area contributed by atoms with Crippen LogP contribution in [0.25, 0.3) is 0 Å². The first-order valence-corrected chi connectivity index (χ1v) is 8.92. The second kappa shape index (κ2) is 9.23. The van der Waals surface area contributed by atoms with E-state index < -0.39 is 0 Å². The minimum absolute atomic E-state index is 0.253. The van der Waals surface area contributed by atoms with E-state index in [2.05, 4.69) is 40.2 Å². The SMILES string of the molecule is C#CCOc1ccccc1CNCc1ccc(N2CCOC(C)C2)nc1. The Hall–Kier alpha value is -2.55. The van der Waals surface area contributed by atoms with Gasteiger partial charge in [0.2, 0.25) is 0 Å². The zero-order valence-electron chi connectivity index (χ0n) is 15.1. The fraction of sp³-hybridized carbons (Fsp3) is 0.381. The number of nitrogens with zero attached hydrogens (tertiary/aromatic N) is 2. The van der Waals surface area contributed by atoms with Gasteiger partial charge in [0.15, 0.2) is 0 Å². The topological polar surface area (TPSA) is 46.6 Å². The molecule has 1 fully saturated rings. The number of nitrogens with one attached hydrogen (secondary N) is 1. The lowest BCUT2D eigenvalue weighted by molar-refractivity contribution is 0.0529. The van der Waals surface area contributed by atoms with E-state index in [-0.39, 0.29) is 12.7 Å². The lowest BCUT2D eigenvalue weighted by Crippen LogP contribution is -2.41. The number of hydrogen-bond donors (Lipinski definition) is 1. The molecule has 1 aliphatic heterocycles. The highest BCUT2D eigenvalue weighted by molar-refractivity contribution is 5.40. The van der Waals surface area contributed by atoms with Crippen molar-refractivity contribution in [1.29, 1.82) is 0 Å². The molecule has 1 aromatic carbocycles. The van der Waals surface area contributed by atoms with Crippen molar-refractivity contribution < 1.29 is 9.47 Å². The molecule has 1 aromatic heterocycles. The highest BCUT2D eigenvalue weighted by Gasteiger charge is 2.17. The molecule has 26 heavy (non-hydrogen) atoms. The fourth-order valence-electron chi connectivity index (χ4n) is 2.99. The van der Waals surface area contributed by atoms with Gasteiger partial charge in [0.1, 0.15) is 18.2 Å². The van der Waals surface area contributed by atoms with Crippen LogP contribution in [0.4, 0.5) is 5.82 Å². The Balaban J connectivity index is 1.52. The minimum Gasteiger partial charge on any atom is -0.481 e. The molecule has 1 aliphatic rings. The molecule has 136 valence electrons. The van der Waals surface area contributed by atoms with E-state index in [1.165, 1.54) is 0 Å². The average Bonchev–Trinajstić information content (AvgIpc) is 2.68. The molecule has 5 heteroatoms. The van der Waals surface area contributed by atoms with Crippen LogP contribution in [0.5, 0.6) is 5.75 Å². The minimum atomic E-state index is 0.253. The first-order valence-electron chi connectivity index (χ1n) is 8.92. The number of aromatic nitrogens is 1. The van der Waals surface area contributed by atoms with Gasteiger partial charge in [-0.1, -0.05) is 30.2 Å². The van der Waals surface area contributed by atoms with Crippen LogP contribution < -0.4 is 15.0 Å². The maximum atomic E-state index is 5.58. The van der Waals surface area contributed by atoms with Crippen LogP contribution in [0.2, 0.25) is 0 Å². The summed E-state index contributed by atoms with van der Waals surface area (Å²) >= 11 is 0. The van der Waals surface area contributed by atoms with Crippen LogP contribution in [0.15, 0.2) is 42.6 Å². The molecular weight excluding hydrogens is 326 g/mol. The average molecular weight is 351 g/mol. The van der Waals surface area contributed by atoms with Gasteiger partial charge in [0.05, 0.1) is 12.7 Å². The summed E-state index contributed by atoms with van der Waals surface area (Å²) < 4.78 is 11.2. The molecule has 1 unspecified atom stereocenters. The molecule has 0 radical (unpaired) electrons. The Kier molecular flexibility index (Phi) is 6.48. The molecule has 1 atom stereocenters. The summed E-state index contributed by atoms with van der Waals surface area (Å²) in [6.07, 6.45) is 7.46. The number of benzene rings is 1. The molecule has 0 saturated carbocycles. The molecule has 2 heterocycles. The summed E-state index contributed by atoms with van der Waals surface area (Å²) in [7, 11) is 0. The number of hydrogen-bond acceptors (Lipinski definition) is 5. The molecular formula is C21H25N3O2. The van der Waals surface area contributed by atoms with E-state index in [0.717, 1.165) is 48.9 Å². The summed E-state index contributed by atoms with van der Waals surface area (Å²) in [5.74, 6) is 4.34. The van der Waals surface area contributed by atoms with Crippen molar-refractivity contribution in [3.63, 3.8) is 0 Å². The van der Waals surface area contributed by atoms with E-state index in [1.54, 1.807) is 0 Å². The van der Waals surface area contributed by atoms with Crippen LogP contribution in [-0.4, -0.2) is 37.4 Å². The third-order valence-corrected chi connectivity index (χ3v) is 4.30. The second-order valence-electron chi connectivity index (χ2n) is 6.36. The Morgan fingerprint density at radius 2 is 2.19 bits per heavy atom. The summed E-state index contributed by atoms with van der Waals surface area (Å²) in [6.45, 7) is 6.37. The van der Waals surface area contributed by atoms with Gasteiger partial charge in [-0.25, -0.2) is 4.98 Å². The normalized spacial score (nSPS) is 16.9. The van der Waals surface area contributed by atoms with Crippen LogP contribution >= 0.6 is 0 Å². The number of anilines is 1. The second-order valence-corrected chi connectivity index (χ2v) is 6.36. The smallest absolute Gasteiger partial charge is 0.148 e. The fourth-order valence-corrected chi connectivity index (χ4v) is 2.99. The van der Waals surface area contributed by atoms with E-state index in [1.807, 2.05) is 30.5 Å². The Labute approximate surface area is 155 Å². The molecule has 2 aromatic rings. The van der Waals surface area contributed by atoms with Crippen LogP contribution in [0, 0.1) is 12.3 Å². The monoisotopic (exact) mass is 351 g/mol. The molecule has 0 aliphatic carbocycles. The lowest BCUT2D eigenvalue weighted by atomic mass is 10.2. The van der Waals surface area contributed by atoms with Crippen molar-refractivity contribution in [2.24, 2.45) is 0 Å².